The van der Waals surface area contributed by atoms with Crippen LogP contribution in [0.15, 0.2) is 0 Å². The van der Waals surface area contributed by atoms with E-state index in [0.717, 1.165) is 0 Å². The lowest BCUT2D eigenvalue weighted by molar-refractivity contribution is -0.146. The average molecular weight is 213 g/mol. The van der Waals surface area contributed by atoms with E-state index in [0.29, 0.717) is 0 Å². The molecule has 0 aliphatic heterocycles. The molecule has 0 unspecified atom stereocenters. The fraction of sp³-hybridized carbons (Fsp3) is 0.700. The van der Waals surface area contributed by atoms with Crippen molar-refractivity contribution >= 4 is 11.9 Å². The summed E-state index contributed by atoms with van der Waals surface area (Å²) in [7, 11) is 0. The normalized spacial score (nSPS) is 10.5. The molecule has 0 saturated carbocycles. The van der Waals surface area contributed by atoms with Crippen LogP contribution in [-0.4, -0.2) is 23.7 Å². The average Bonchev–Trinajstić information content (AvgIpc) is 2.14. The highest BCUT2D eigenvalue weighted by Crippen LogP contribution is 2.13. The van der Waals surface area contributed by atoms with E-state index < -0.39 is 17.4 Å². The molecule has 0 fully saturated rings. The van der Waals surface area contributed by atoms with Gasteiger partial charge in [0.2, 0.25) is 0 Å². The van der Waals surface area contributed by atoms with Gasteiger partial charge in [-0.05, 0) is 20.3 Å². The minimum absolute atomic E-state index is 0.0371. The zero-order valence-corrected chi connectivity index (χ0v) is 8.95. The topological polar surface area (TPSA) is 87.4 Å². The standard InChI is InChI=1S/C10H15NO4/c1-10(2,6-11)7-15-9(14)5-3-4-8(12)13/h3-5,7H2,1-2H3,(H,12,13). The number of rotatable bonds is 6. The molecule has 0 bridgehead atoms. The van der Waals surface area contributed by atoms with E-state index in [1.54, 1.807) is 13.8 Å². The number of hydrogen-bond donors (Lipinski definition) is 1. The van der Waals surface area contributed by atoms with Crippen LogP contribution < -0.4 is 0 Å². The van der Waals surface area contributed by atoms with Gasteiger partial charge in [-0.25, -0.2) is 0 Å². The maximum absolute atomic E-state index is 11.1. The van der Waals surface area contributed by atoms with Crippen molar-refractivity contribution in [2.45, 2.75) is 33.1 Å². The Kier molecular flexibility index (Phi) is 5.39. The molecule has 0 aliphatic rings. The lowest BCUT2D eigenvalue weighted by atomic mass is 9.98. The summed E-state index contributed by atoms with van der Waals surface area (Å²) in [6.07, 6.45) is 0.297. The van der Waals surface area contributed by atoms with Crippen LogP contribution in [0.4, 0.5) is 0 Å². The van der Waals surface area contributed by atoms with Crippen LogP contribution in [0.2, 0.25) is 0 Å². The fourth-order valence-corrected chi connectivity index (χ4v) is 0.749. The fourth-order valence-electron chi connectivity index (χ4n) is 0.749. The molecule has 0 aliphatic carbocycles. The number of aliphatic carboxylic acids is 1. The van der Waals surface area contributed by atoms with Crippen LogP contribution in [-0.2, 0) is 14.3 Å². The molecule has 1 N–H and O–H groups in total. The van der Waals surface area contributed by atoms with E-state index in [9.17, 15) is 9.59 Å². The number of hydrogen-bond acceptors (Lipinski definition) is 4. The molecular weight excluding hydrogens is 198 g/mol. The molecule has 0 rings (SSSR count). The minimum atomic E-state index is -0.930. The van der Waals surface area contributed by atoms with Gasteiger partial charge >= 0.3 is 11.9 Å². The molecule has 0 aromatic heterocycles. The van der Waals surface area contributed by atoms with E-state index >= 15 is 0 Å². The number of carboxylic acid groups (broad SMARTS) is 1. The van der Waals surface area contributed by atoms with Crippen LogP contribution >= 0.6 is 0 Å². The Morgan fingerprint density at radius 3 is 2.47 bits per heavy atom. The molecule has 0 amide bonds. The molecule has 15 heavy (non-hydrogen) atoms. The maximum Gasteiger partial charge on any atom is 0.305 e. The van der Waals surface area contributed by atoms with Gasteiger partial charge in [-0.2, -0.15) is 5.26 Å². The number of carboxylic acids is 1. The zero-order chi connectivity index (χ0) is 11.9. The van der Waals surface area contributed by atoms with Crippen molar-refractivity contribution in [1.29, 1.82) is 5.26 Å². The largest absolute Gasteiger partial charge is 0.481 e. The molecule has 0 saturated heterocycles. The van der Waals surface area contributed by atoms with Gasteiger partial charge in [0.25, 0.3) is 0 Å². The third-order valence-electron chi connectivity index (χ3n) is 1.67. The van der Waals surface area contributed by atoms with Crippen LogP contribution in [0.25, 0.3) is 0 Å². The Labute approximate surface area is 88.6 Å². The first kappa shape index (κ1) is 13.4. The molecule has 5 heteroatoms. The lowest BCUT2D eigenvalue weighted by Crippen LogP contribution is -2.20. The molecule has 0 heterocycles. The van der Waals surface area contributed by atoms with E-state index in [4.69, 9.17) is 15.1 Å². The molecular formula is C10H15NO4. The van der Waals surface area contributed by atoms with Crippen molar-refractivity contribution in [3.05, 3.63) is 0 Å². The predicted octanol–water partition coefficient (Wildman–Crippen LogP) is 1.33. The number of ether oxygens (including phenoxy) is 1. The van der Waals surface area contributed by atoms with Gasteiger partial charge in [-0.1, -0.05) is 0 Å². The van der Waals surface area contributed by atoms with Gasteiger partial charge in [-0.3, -0.25) is 9.59 Å². The number of nitriles is 1. The Balaban J connectivity index is 3.68. The Hall–Kier alpha value is -1.57. The Morgan fingerprint density at radius 2 is 2.00 bits per heavy atom. The molecule has 5 nitrogen and oxygen atoms in total. The highest BCUT2D eigenvalue weighted by atomic mass is 16.5. The second-order valence-electron chi connectivity index (χ2n) is 3.90. The third-order valence-corrected chi connectivity index (χ3v) is 1.67. The molecule has 0 atom stereocenters. The van der Waals surface area contributed by atoms with Crippen LogP contribution in [0.3, 0.4) is 0 Å². The summed E-state index contributed by atoms with van der Waals surface area (Å²) in [6, 6.07) is 2.00. The molecule has 0 aromatic carbocycles. The number of esters is 1. The number of carbonyl (C=O) groups excluding carboxylic acids is 1. The lowest BCUT2D eigenvalue weighted by Gasteiger charge is -2.14. The third kappa shape index (κ3) is 7.50. The summed E-state index contributed by atoms with van der Waals surface area (Å²) >= 11 is 0. The van der Waals surface area contributed by atoms with Crippen LogP contribution in [0.1, 0.15) is 33.1 Å². The summed E-state index contributed by atoms with van der Waals surface area (Å²) in [4.78, 5) is 21.2. The van der Waals surface area contributed by atoms with Crippen molar-refractivity contribution in [1.82, 2.24) is 0 Å². The summed E-state index contributed by atoms with van der Waals surface area (Å²) in [6.45, 7) is 3.37. The smallest absolute Gasteiger partial charge is 0.305 e. The SMILES string of the molecule is CC(C)(C#N)COC(=O)CCCC(=O)O. The first-order valence-electron chi connectivity index (χ1n) is 4.66. The van der Waals surface area contributed by atoms with Gasteiger partial charge in [0.05, 0.1) is 11.5 Å². The zero-order valence-electron chi connectivity index (χ0n) is 8.95. The summed E-state index contributed by atoms with van der Waals surface area (Å²) in [5, 5.41) is 17.0. The van der Waals surface area contributed by atoms with E-state index in [1.165, 1.54) is 0 Å². The highest BCUT2D eigenvalue weighted by Gasteiger charge is 2.19. The van der Waals surface area contributed by atoms with Gasteiger partial charge in [0.15, 0.2) is 0 Å². The monoisotopic (exact) mass is 213 g/mol. The first-order valence-corrected chi connectivity index (χ1v) is 4.66. The molecule has 0 radical (unpaired) electrons. The van der Waals surface area contributed by atoms with Crippen molar-refractivity contribution in [3.63, 3.8) is 0 Å². The van der Waals surface area contributed by atoms with Crippen molar-refractivity contribution in [2.75, 3.05) is 6.61 Å². The quantitative estimate of drug-likeness (QED) is 0.672. The van der Waals surface area contributed by atoms with E-state index in [-0.39, 0.29) is 25.9 Å². The molecule has 0 aromatic rings. The van der Waals surface area contributed by atoms with Gasteiger partial charge in [0.1, 0.15) is 6.61 Å². The summed E-state index contributed by atoms with van der Waals surface area (Å²) < 4.78 is 4.83. The minimum Gasteiger partial charge on any atom is -0.481 e. The summed E-state index contributed by atoms with van der Waals surface area (Å²) in [5.41, 5.74) is -0.692. The highest BCUT2D eigenvalue weighted by molar-refractivity contribution is 5.71. The van der Waals surface area contributed by atoms with Gasteiger partial charge < -0.3 is 9.84 Å². The van der Waals surface area contributed by atoms with Crippen LogP contribution in [0, 0.1) is 16.7 Å². The van der Waals surface area contributed by atoms with Crippen molar-refractivity contribution in [2.24, 2.45) is 5.41 Å². The van der Waals surface area contributed by atoms with E-state index in [2.05, 4.69) is 0 Å². The van der Waals surface area contributed by atoms with Crippen molar-refractivity contribution in [3.8, 4) is 6.07 Å². The van der Waals surface area contributed by atoms with E-state index in [1.807, 2.05) is 6.07 Å². The predicted molar refractivity (Wildman–Crippen MR) is 51.8 cm³/mol. The maximum atomic E-state index is 11.1. The number of carbonyl (C=O) groups is 2. The molecule has 84 valence electrons. The Morgan fingerprint density at radius 1 is 1.40 bits per heavy atom. The number of nitrogens with zero attached hydrogens (tertiary/aromatic N) is 1. The van der Waals surface area contributed by atoms with Gasteiger partial charge in [-0.15, -0.1) is 0 Å². The van der Waals surface area contributed by atoms with Crippen LogP contribution in [0.5, 0.6) is 0 Å². The second-order valence-corrected chi connectivity index (χ2v) is 3.90. The summed E-state index contributed by atoms with van der Waals surface area (Å²) in [5.74, 6) is -1.39. The molecule has 0 spiro atoms. The Bertz CT molecular complexity index is 278. The second kappa shape index (κ2) is 6.02. The first-order chi connectivity index (χ1) is 6.87. The van der Waals surface area contributed by atoms with Crippen molar-refractivity contribution < 1.29 is 19.4 Å². The van der Waals surface area contributed by atoms with Gasteiger partial charge in [0, 0.05) is 12.8 Å².